The van der Waals surface area contributed by atoms with E-state index in [1.807, 2.05) is 0 Å². The lowest BCUT2D eigenvalue weighted by Crippen LogP contribution is -2.46. The van der Waals surface area contributed by atoms with E-state index in [2.05, 4.69) is 11.3 Å². The molecule has 0 saturated heterocycles. The highest BCUT2D eigenvalue weighted by Crippen LogP contribution is 2.33. The Kier molecular flexibility index (Phi) is 5.98. The van der Waals surface area contributed by atoms with Crippen molar-refractivity contribution in [1.29, 1.82) is 0 Å². The maximum absolute atomic E-state index is 11.7. The van der Waals surface area contributed by atoms with E-state index in [1.54, 1.807) is 6.08 Å². The lowest BCUT2D eigenvalue weighted by molar-refractivity contribution is -0.168. The van der Waals surface area contributed by atoms with E-state index in [0.717, 1.165) is 0 Å². The van der Waals surface area contributed by atoms with Gasteiger partial charge in [-0.25, -0.2) is 0 Å². The van der Waals surface area contributed by atoms with Gasteiger partial charge in [0.1, 0.15) is 0 Å². The molecule has 0 aromatic carbocycles. The van der Waals surface area contributed by atoms with Crippen LogP contribution in [0.25, 0.3) is 0 Å². The lowest BCUT2D eigenvalue weighted by atomic mass is 9.76. The third-order valence-electron chi connectivity index (χ3n) is 3.33. The largest absolute Gasteiger partial charge is 0.469 e. The summed E-state index contributed by atoms with van der Waals surface area (Å²) < 4.78 is 14.8. The van der Waals surface area contributed by atoms with E-state index in [4.69, 9.17) is 9.47 Å². The average molecular weight is 272 g/mol. The molecule has 0 spiro atoms. The van der Waals surface area contributed by atoms with Crippen molar-refractivity contribution < 1.29 is 28.9 Å². The number of methoxy groups -OCH3 is 2. The predicted octanol–water partition coefficient (Wildman–Crippen LogP) is 0.291. The molecule has 1 N–H and O–H groups in total. The third-order valence-corrected chi connectivity index (χ3v) is 3.33. The first kappa shape index (κ1) is 15.7. The Labute approximate surface area is 112 Å². The first-order valence-electron chi connectivity index (χ1n) is 6.11. The van der Waals surface area contributed by atoms with Gasteiger partial charge in [-0.3, -0.25) is 9.59 Å². The van der Waals surface area contributed by atoms with Crippen LogP contribution in [0.5, 0.6) is 0 Å². The minimum absolute atomic E-state index is 0.119. The monoisotopic (exact) mass is 272 g/mol. The second-order valence-corrected chi connectivity index (χ2v) is 4.46. The molecule has 0 amide bonds. The number of hydrogen-bond donors (Lipinski definition) is 1. The number of rotatable bonds is 5. The highest BCUT2D eigenvalue weighted by Gasteiger charge is 2.45. The standard InChI is InChI=1S/C13H20O6/c1-4-5-19-11-7-9(13(16)18-3)8(6-10(11)14)12(15)17-2/h4,8-11,14H,1,5-7H2,2-3H3/t8-,9-,10-,11-/m0/s1. The number of esters is 2. The fraction of sp³-hybridized carbons (Fsp3) is 0.692. The van der Waals surface area contributed by atoms with Crippen molar-refractivity contribution in [3.8, 4) is 0 Å². The summed E-state index contributed by atoms with van der Waals surface area (Å²) in [5.74, 6) is -2.36. The van der Waals surface area contributed by atoms with Gasteiger partial charge >= 0.3 is 11.9 Å². The molecule has 0 unspecified atom stereocenters. The van der Waals surface area contributed by atoms with Crippen molar-refractivity contribution in [1.82, 2.24) is 0 Å². The van der Waals surface area contributed by atoms with Gasteiger partial charge < -0.3 is 19.3 Å². The first-order valence-corrected chi connectivity index (χ1v) is 6.11. The summed E-state index contributed by atoms with van der Waals surface area (Å²) >= 11 is 0. The molecule has 0 heterocycles. The average Bonchev–Trinajstić information content (AvgIpc) is 2.43. The van der Waals surface area contributed by atoms with Crippen molar-refractivity contribution in [2.45, 2.75) is 25.0 Å². The van der Waals surface area contributed by atoms with Crippen LogP contribution in [-0.4, -0.2) is 50.1 Å². The second kappa shape index (κ2) is 7.25. The zero-order valence-corrected chi connectivity index (χ0v) is 11.2. The van der Waals surface area contributed by atoms with E-state index in [0.29, 0.717) is 0 Å². The van der Waals surface area contributed by atoms with Gasteiger partial charge in [-0.15, -0.1) is 6.58 Å². The van der Waals surface area contributed by atoms with Crippen LogP contribution >= 0.6 is 0 Å². The number of carbonyl (C=O) groups is 2. The van der Waals surface area contributed by atoms with Gasteiger partial charge in [0.15, 0.2) is 0 Å². The van der Waals surface area contributed by atoms with E-state index in [1.165, 1.54) is 14.2 Å². The molecule has 1 aliphatic rings. The fourth-order valence-electron chi connectivity index (χ4n) is 2.34. The van der Waals surface area contributed by atoms with Crippen molar-refractivity contribution >= 4 is 11.9 Å². The molecule has 1 fully saturated rings. The summed E-state index contributed by atoms with van der Waals surface area (Å²) in [4.78, 5) is 23.4. The quantitative estimate of drug-likeness (QED) is 0.572. The molecule has 1 aliphatic carbocycles. The number of aliphatic hydroxyl groups excluding tert-OH is 1. The molecule has 0 bridgehead atoms. The van der Waals surface area contributed by atoms with Gasteiger partial charge in [-0.1, -0.05) is 6.08 Å². The topological polar surface area (TPSA) is 82.1 Å². The maximum Gasteiger partial charge on any atom is 0.309 e. The highest BCUT2D eigenvalue weighted by molar-refractivity contribution is 5.82. The molecule has 6 heteroatoms. The van der Waals surface area contributed by atoms with Crippen molar-refractivity contribution in [2.24, 2.45) is 11.8 Å². The van der Waals surface area contributed by atoms with Crippen molar-refractivity contribution in [3.05, 3.63) is 12.7 Å². The molecular weight excluding hydrogens is 252 g/mol. The molecule has 0 aliphatic heterocycles. The van der Waals surface area contributed by atoms with Gasteiger partial charge in [0, 0.05) is 0 Å². The third kappa shape index (κ3) is 3.78. The fourth-order valence-corrected chi connectivity index (χ4v) is 2.34. The Morgan fingerprint density at radius 2 is 1.74 bits per heavy atom. The normalized spacial score (nSPS) is 30.5. The Balaban J connectivity index is 2.82. The highest BCUT2D eigenvalue weighted by atomic mass is 16.5. The van der Waals surface area contributed by atoms with E-state index in [-0.39, 0.29) is 19.4 Å². The summed E-state index contributed by atoms with van der Waals surface area (Å²) in [7, 11) is 2.52. The van der Waals surface area contributed by atoms with Crippen LogP contribution in [0.4, 0.5) is 0 Å². The van der Waals surface area contributed by atoms with Crippen molar-refractivity contribution in [2.75, 3.05) is 20.8 Å². The molecule has 0 aromatic rings. The molecule has 108 valence electrons. The van der Waals surface area contributed by atoms with Gasteiger partial charge in [0.2, 0.25) is 0 Å². The number of aliphatic hydroxyl groups is 1. The van der Waals surface area contributed by atoms with Gasteiger partial charge in [-0.2, -0.15) is 0 Å². The van der Waals surface area contributed by atoms with Crippen LogP contribution in [0.1, 0.15) is 12.8 Å². The molecular formula is C13H20O6. The summed E-state index contributed by atoms with van der Waals surface area (Å²) in [5, 5.41) is 9.96. The molecule has 0 aromatic heterocycles. The van der Waals surface area contributed by atoms with E-state index in [9.17, 15) is 14.7 Å². The minimum Gasteiger partial charge on any atom is -0.469 e. The zero-order valence-electron chi connectivity index (χ0n) is 11.2. The summed E-state index contributed by atoms with van der Waals surface area (Å²) in [6, 6.07) is 0. The second-order valence-electron chi connectivity index (χ2n) is 4.46. The predicted molar refractivity (Wildman–Crippen MR) is 66.2 cm³/mol. The molecule has 0 radical (unpaired) electrons. The Morgan fingerprint density at radius 1 is 1.21 bits per heavy atom. The molecule has 19 heavy (non-hydrogen) atoms. The number of hydrogen-bond acceptors (Lipinski definition) is 6. The number of carbonyl (C=O) groups excluding carboxylic acids is 2. The van der Waals surface area contributed by atoms with Gasteiger partial charge in [-0.05, 0) is 12.8 Å². The van der Waals surface area contributed by atoms with Gasteiger partial charge in [0.05, 0.1) is 44.9 Å². The van der Waals surface area contributed by atoms with Crippen molar-refractivity contribution in [3.63, 3.8) is 0 Å². The van der Waals surface area contributed by atoms with Crippen LogP contribution in [-0.2, 0) is 23.8 Å². The first-order chi connectivity index (χ1) is 9.04. The van der Waals surface area contributed by atoms with Crippen LogP contribution in [0.3, 0.4) is 0 Å². The minimum atomic E-state index is -0.815. The molecule has 6 nitrogen and oxygen atoms in total. The van der Waals surface area contributed by atoms with E-state index >= 15 is 0 Å². The SMILES string of the molecule is C=CCO[C@H]1C[C@H](C(=O)OC)[C@@H](C(=O)OC)C[C@@H]1O. The summed E-state index contributed by atoms with van der Waals surface area (Å²) in [6.45, 7) is 3.80. The van der Waals surface area contributed by atoms with Crippen LogP contribution in [0.2, 0.25) is 0 Å². The number of ether oxygens (including phenoxy) is 3. The Hall–Kier alpha value is -1.40. The van der Waals surface area contributed by atoms with Crippen LogP contribution in [0, 0.1) is 11.8 Å². The van der Waals surface area contributed by atoms with E-state index < -0.39 is 36.0 Å². The lowest BCUT2D eigenvalue weighted by Gasteiger charge is -2.36. The zero-order chi connectivity index (χ0) is 14.4. The summed E-state index contributed by atoms with van der Waals surface area (Å²) in [6.07, 6.45) is 0.579. The molecule has 4 atom stereocenters. The Bertz CT molecular complexity index is 340. The maximum atomic E-state index is 11.7. The Morgan fingerprint density at radius 3 is 2.21 bits per heavy atom. The van der Waals surface area contributed by atoms with Gasteiger partial charge in [0.25, 0.3) is 0 Å². The molecule has 1 saturated carbocycles. The molecule has 1 rings (SSSR count). The van der Waals surface area contributed by atoms with Crippen LogP contribution < -0.4 is 0 Å². The smallest absolute Gasteiger partial charge is 0.309 e. The summed E-state index contributed by atoms with van der Waals surface area (Å²) in [5.41, 5.74) is 0. The van der Waals surface area contributed by atoms with Crippen LogP contribution in [0.15, 0.2) is 12.7 Å².